The zero-order chi connectivity index (χ0) is 15.1. The molecule has 0 unspecified atom stereocenters. The van der Waals surface area contributed by atoms with Crippen molar-refractivity contribution in [2.45, 2.75) is 32.1 Å². The summed E-state index contributed by atoms with van der Waals surface area (Å²) in [6, 6.07) is 2.09. The van der Waals surface area contributed by atoms with Gasteiger partial charge >= 0.3 is 0 Å². The molecule has 0 bridgehead atoms. The number of aromatic nitrogens is 1. The average Bonchev–Trinajstić information content (AvgIpc) is 2.49. The molecule has 2 N–H and O–H groups in total. The van der Waals surface area contributed by atoms with Crippen molar-refractivity contribution in [2.75, 3.05) is 5.75 Å². The Balaban J connectivity index is 0.000000370. The number of hydrogen-bond donors (Lipinski definition) is 1. The van der Waals surface area contributed by atoms with Crippen LogP contribution in [0.1, 0.15) is 26.3 Å². The quantitative estimate of drug-likeness (QED) is 0.456. The summed E-state index contributed by atoms with van der Waals surface area (Å²) in [5, 5.41) is 6.94. The van der Waals surface area contributed by atoms with Gasteiger partial charge in [-0.1, -0.05) is 56.2 Å². The Morgan fingerprint density at radius 1 is 1.20 bits per heavy atom. The predicted octanol–water partition coefficient (Wildman–Crippen LogP) is 5.00. The molecule has 0 fully saturated rings. The number of aryl methyl sites for hydroxylation is 1. The van der Waals surface area contributed by atoms with Gasteiger partial charge < -0.3 is 0 Å². The van der Waals surface area contributed by atoms with Crippen molar-refractivity contribution in [3.05, 3.63) is 59.8 Å². The summed E-state index contributed by atoms with van der Waals surface area (Å²) in [6.45, 7) is 6.31. The minimum absolute atomic E-state index is 1.08. The monoisotopic (exact) mass is 308 g/mol. The topological polar surface area (TPSA) is 38.9 Å². The number of nitrogens with zero attached hydrogens (tertiary/aromatic N) is 1. The second kappa shape index (κ2) is 14.4. The van der Waals surface area contributed by atoms with Gasteiger partial charge in [0.1, 0.15) is 0 Å². The second-order valence-corrected chi connectivity index (χ2v) is 5.50. The van der Waals surface area contributed by atoms with E-state index < -0.39 is 0 Å². The molecule has 0 saturated carbocycles. The lowest BCUT2D eigenvalue weighted by atomic mass is 10.2. The fourth-order valence-electron chi connectivity index (χ4n) is 1.31. The van der Waals surface area contributed by atoms with Gasteiger partial charge in [0.2, 0.25) is 0 Å². The van der Waals surface area contributed by atoms with Crippen LogP contribution in [-0.4, -0.2) is 10.7 Å². The largest absolute Gasteiger partial charge is 0.274 e. The fourth-order valence-corrected chi connectivity index (χ4v) is 2.34. The highest BCUT2D eigenvalue weighted by molar-refractivity contribution is 8.00. The Morgan fingerprint density at radius 2 is 1.95 bits per heavy atom. The Hall–Kier alpha value is -0.970. The van der Waals surface area contributed by atoms with Crippen LogP contribution >= 0.6 is 23.7 Å². The first kappa shape index (κ1) is 19.0. The molecule has 110 valence electrons. The number of rotatable bonds is 6. The molecule has 0 amide bonds. The van der Waals surface area contributed by atoms with E-state index in [0.717, 1.165) is 12.2 Å². The van der Waals surface area contributed by atoms with Crippen LogP contribution in [0.25, 0.3) is 0 Å². The molecule has 2 nitrogen and oxygen atoms in total. The van der Waals surface area contributed by atoms with Crippen LogP contribution in [0.3, 0.4) is 0 Å². The third kappa shape index (κ3) is 9.89. The van der Waals surface area contributed by atoms with Crippen LogP contribution in [0.2, 0.25) is 0 Å². The van der Waals surface area contributed by atoms with Crippen molar-refractivity contribution in [1.29, 1.82) is 0 Å². The molecule has 0 radical (unpaired) electrons. The zero-order valence-electron chi connectivity index (χ0n) is 12.5. The SMILES string of the molecule is CCSc1ccncc1CC.C\C=C/C=C\C=C\SN. The van der Waals surface area contributed by atoms with Crippen molar-refractivity contribution < 1.29 is 0 Å². The Morgan fingerprint density at radius 3 is 2.55 bits per heavy atom. The van der Waals surface area contributed by atoms with Crippen molar-refractivity contribution in [2.24, 2.45) is 5.14 Å². The van der Waals surface area contributed by atoms with Gasteiger partial charge in [-0.15, -0.1) is 11.8 Å². The lowest BCUT2D eigenvalue weighted by Crippen LogP contribution is -1.86. The zero-order valence-corrected chi connectivity index (χ0v) is 14.1. The molecule has 0 aliphatic rings. The van der Waals surface area contributed by atoms with Crippen molar-refractivity contribution >= 4 is 23.7 Å². The van der Waals surface area contributed by atoms with Gasteiger partial charge in [-0.2, -0.15) is 0 Å². The summed E-state index contributed by atoms with van der Waals surface area (Å²) in [4.78, 5) is 5.46. The molecule has 4 heteroatoms. The van der Waals surface area contributed by atoms with Gasteiger partial charge in [0.05, 0.1) is 0 Å². The molecule has 0 aliphatic heterocycles. The maximum absolute atomic E-state index is 5.12. The Labute approximate surface area is 131 Å². The molecule has 0 aliphatic carbocycles. The summed E-state index contributed by atoms with van der Waals surface area (Å²) in [7, 11) is 0. The van der Waals surface area contributed by atoms with E-state index in [0.29, 0.717) is 0 Å². The molecular weight excluding hydrogens is 284 g/mol. The molecule has 1 aromatic heterocycles. The Kier molecular flexibility index (Phi) is 13.7. The number of pyridine rings is 1. The molecule has 1 heterocycles. The highest BCUT2D eigenvalue weighted by atomic mass is 32.2. The lowest BCUT2D eigenvalue weighted by molar-refractivity contribution is 1.04. The number of allylic oxidation sites excluding steroid dienone is 5. The molecular formula is C16H24N2S2. The van der Waals surface area contributed by atoms with E-state index in [2.05, 4.69) is 24.9 Å². The number of nitrogens with two attached hydrogens (primary N) is 1. The van der Waals surface area contributed by atoms with Crippen molar-refractivity contribution in [3.63, 3.8) is 0 Å². The molecule has 0 atom stereocenters. The van der Waals surface area contributed by atoms with Gasteiger partial charge in [0.25, 0.3) is 0 Å². The third-order valence-electron chi connectivity index (χ3n) is 2.22. The van der Waals surface area contributed by atoms with Gasteiger partial charge in [0.15, 0.2) is 0 Å². The first-order valence-electron chi connectivity index (χ1n) is 6.65. The summed E-state index contributed by atoms with van der Waals surface area (Å²) < 4.78 is 0. The van der Waals surface area contributed by atoms with Crippen LogP contribution < -0.4 is 5.14 Å². The van der Waals surface area contributed by atoms with Crippen LogP contribution in [-0.2, 0) is 6.42 Å². The average molecular weight is 309 g/mol. The number of hydrogen-bond acceptors (Lipinski definition) is 4. The van der Waals surface area contributed by atoms with Gasteiger partial charge in [0, 0.05) is 17.3 Å². The summed E-state index contributed by atoms with van der Waals surface area (Å²) in [6.07, 6.45) is 14.6. The maximum Gasteiger partial charge on any atom is 0.0310 e. The van der Waals surface area contributed by atoms with Crippen molar-refractivity contribution in [1.82, 2.24) is 4.98 Å². The van der Waals surface area contributed by atoms with E-state index in [9.17, 15) is 0 Å². The lowest BCUT2D eigenvalue weighted by Gasteiger charge is -2.03. The first-order valence-corrected chi connectivity index (χ1v) is 8.58. The van der Waals surface area contributed by atoms with Crippen LogP contribution in [0.15, 0.2) is 59.1 Å². The Bertz CT molecular complexity index is 426. The first-order chi connectivity index (χ1) is 9.79. The number of thioether (sulfide) groups is 1. The van der Waals surface area contributed by atoms with E-state index in [1.54, 1.807) is 0 Å². The van der Waals surface area contributed by atoms with Crippen LogP contribution in [0.5, 0.6) is 0 Å². The molecule has 0 aromatic carbocycles. The summed E-state index contributed by atoms with van der Waals surface area (Å²) in [5.41, 5.74) is 1.36. The summed E-state index contributed by atoms with van der Waals surface area (Å²) in [5.74, 6) is 1.14. The van der Waals surface area contributed by atoms with Crippen LogP contribution in [0.4, 0.5) is 0 Å². The van der Waals surface area contributed by atoms with E-state index in [4.69, 9.17) is 5.14 Å². The van der Waals surface area contributed by atoms with E-state index in [-0.39, 0.29) is 0 Å². The molecule has 1 rings (SSSR count). The van der Waals surface area contributed by atoms with Crippen molar-refractivity contribution in [3.8, 4) is 0 Å². The highest BCUT2D eigenvalue weighted by Gasteiger charge is 1.97. The molecule has 0 spiro atoms. The van der Waals surface area contributed by atoms with Crippen LogP contribution in [0, 0.1) is 0 Å². The fraction of sp³-hybridized carbons (Fsp3) is 0.312. The molecule has 20 heavy (non-hydrogen) atoms. The van der Waals surface area contributed by atoms with Gasteiger partial charge in [-0.3, -0.25) is 10.1 Å². The van der Waals surface area contributed by atoms with Gasteiger partial charge in [-0.25, -0.2) is 0 Å². The second-order valence-electron chi connectivity index (χ2n) is 3.65. The summed E-state index contributed by atoms with van der Waals surface area (Å²) >= 11 is 3.09. The third-order valence-corrected chi connectivity index (χ3v) is 3.53. The molecule has 0 saturated heterocycles. The predicted molar refractivity (Wildman–Crippen MR) is 94.9 cm³/mol. The maximum atomic E-state index is 5.12. The minimum Gasteiger partial charge on any atom is -0.274 e. The highest BCUT2D eigenvalue weighted by Crippen LogP contribution is 2.21. The van der Waals surface area contributed by atoms with E-state index in [1.807, 2.05) is 66.9 Å². The normalized spacial score (nSPS) is 11.2. The van der Waals surface area contributed by atoms with E-state index >= 15 is 0 Å². The molecule has 1 aromatic rings. The van der Waals surface area contributed by atoms with E-state index in [1.165, 1.54) is 22.4 Å². The smallest absolute Gasteiger partial charge is 0.0310 e. The standard InChI is InChI=1S/C9H13NS.C7H11NS/c1-3-8-7-10-6-5-9(8)11-4-2;1-2-3-4-5-6-7-9-8/h5-7H,3-4H2,1-2H3;2-7H,8H2,1H3/b;3-2-,5-4-,7-6+. The minimum atomic E-state index is 1.08. The van der Waals surface area contributed by atoms with Gasteiger partial charge in [-0.05, 0) is 36.1 Å².